The van der Waals surface area contributed by atoms with Gasteiger partial charge in [-0.2, -0.15) is 0 Å². The van der Waals surface area contributed by atoms with Crippen LogP contribution < -0.4 is 14.9 Å². The van der Waals surface area contributed by atoms with Crippen molar-refractivity contribution < 1.29 is 8.42 Å². The van der Waals surface area contributed by atoms with Crippen LogP contribution in [0.1, 0.15) is 5.82 Å². The van der Waals surface area contributed by atoms with E-state index in [1.165, 1.54) is 0 Å². The fraction of sp³-hybridized carbons (Fsp3) is 0.278. The summed E-state index contributed by atoms with van der Waals surface area (Å²) in [6, 6.07) is 10.5. The number of rotatable bonds is 7. The topological polar surface area (TPSA) is 100 Å². The highest BCUT2D eigenvalue weighted by Crippen LogP contribution is 2.20. The Hall–Kier alpha value is -2.78. The van der Waals surface area contributed by atoms with Crippen LogP contribution in [-0.4, -0.2) is 50.6 Å². The summed E-state index contributed by atoms with van der Waals surface area (Å²) in [4.78, 5) is 14.9. The number of aryl methyl sites for hydroxylation is 1. The van der Waals surface area contributed by atoms with Gasteiger partial charge in [0.15, 0.2) is 0 Å². The fourth-order valence-electron chi connectivity index (χ4n) is 2.62. The van der Waals surface area contributed by atoms with Gasteiger partial charge in [-0.25, -0.2) is 23.1 Å². The maximum atomic E-state index is 12.6. The molecule has 8 nitrogen and oxygen atoms in total. The number of pyridine rings is 1. The lowest BCUT2D eigenvalue weighted by molar-refractivity contribution is 0.583. The molecule has 0 unspecified atom stereocenters. The van der Waals surface area contributed by atoms with E-state index >= 15 is 0 Å². The largest absolute Gasteiger partial charge is 0.369 e. The van der Waals surface area contributed by atoms with Crippen molar-refractivity contribution in [2.45, 2.75) is 11.8 Å². The lowest BCUT2D eigenvalue weighted by Crippen LogP contribution is -2.29. The van der Waals surface area contributed by atoms with Crippen molar-refractivity contribution in [1.29, 1.82) is 0 Å². The Labute approximate surface area is 158 Å². The third kappa shape index (κ3) is 4.50. The van der Waals surface area contributed by atoms with Crippen LogP contribution in [0.2, 0.25) is 0 Å². The molecule has 2 aromatic heterocycles. The molecule has 0 fully saturated rings. The Morgan fingerprint density at radius 1 is 1.07 bits per heavy atom. The van der Waals surface area contributed by atoms with Gasteiger partial charge in [0.25, 0.3) is 0 Å². The Morgan fingerprint density at radius 3 is 2.63 bits per heavy atom. The van der Waals surface area contributed by atoms with Crippen LogP contribution in [0.4, 0.5) is 11.6 Å². The molecule has 0 bridgehead atoms. The van der Waals surface area contributed by atoms with Gasteiger partial charge < -0.3 is 10.2 Å². The van der Waals surface area contributed by atoms with Crippen LogP contribution in [0.25, 0.3) is 10.9 Å². The predicted molar refractivity (Wildman–Crippen MR) is 107 cm³/mol. The molecule has 9 heteroatoms. The SMILES string of the molecule is Cc1nc(NCCNS(=O)(=O)c2cccc3cccnc23)cc(N(C)C)n1. The van der Waals surface area contributed by atoms with E-state index in [9.17, 15) is 8.42 Å². The number of anilines is 2. The molecule has 142 valence electrons. The maximum Gasteiger partial charge on any atom is 0.242 e. The molecule has 3 aromatic rings. The van der Waals surface area contributed by atoms with Crippen molar-refractivity contribution >= 4 is 32.6 Å². The minimum Gasteiger partial charge on any atom is -0.369 e. The number of aromatic nitrogens is 3. The zero-order valence-electron chi connectivity index (χ0n) is 15.5. The molecule has 0 aliphatic carbocycles. The quantitative estimate of drug-likeness (QED) is 0.597. The number of para-hydroxylation sites is 1. The van der Waals surface area contributed by atoms with Gasteiger partial charge in [0, 0.05) is 44.8 Å². The standard InChI is InChI=1S/C18H22N6O2S/c1-13-22-16(12-17(23-13)24(2)3)19-10-11-21-27(25,26)15-8-4-6-14-7-5-9-20-18(14)15/h4-9,12,21H,10-11H2,1-3H3,(H,19,22,23). The van der Waals surface area contributed by atoms with E-state index in [1.54, 1.807) is 24.4 Å². The zero-order chi connectivity index (χ0) is 19.4. The monoisotopic (exact) mass is 386 g/mol. The van der Waals surface area contributed by atoms with E-state index in [0.29, 0.717) is 23.7 Å². The van der Waals surface area contributed by atoms with Crippen molar-refractivity contribution in [2.75, 3.05) is 37.4 Å². The molecular weight excluding hydrogens is 364 g/mol. The molecule has 0 radical (unpaired) electrons. The first-order chi connectivity index (χ1) is 12.9. The molecule has 0 saturated carbocycles. The molecule has 0 saturated heterocycles. The van der Waals surface area contributed by atoms with Crippen LogP contribution >= 0.6 is 0 Å². The average molecular weight is 386 g/mol. The van der Waals surface area contributed by atoms with Crippen molar-refractivity contribution in [3.8, 4) is 0 Å². The van der Waals surface area contributed by atoms with E-state index in [2.05, 4.69) is 25.0 Å². The molecule has 3 rings (SSSR count). The van der Waals surface area contributed by atoms with Crippen molar-refractivity contribution in [3.05, 3.63) is 48.4 Å². The molecule has 27 heavy (non-hydrogen) atoms. The van der Waals surface area contributed by atoms with Gasteiger partial charge in [0.05, 0.1) is 5.52 Å². The molecule has 0 atom stereocenters. The van der Waals surface area contributed by atoms with E-state index in [0.717, 1.165) is 11.2 Å². The van der Waals surface area contributed by atoms with Gasteiger partial charge in [-0.15, -0.1) is 0 Å². The zero-order valence-corrected chi connectivity index (χ0v) is 16.3. The second-order valence-corrected chi connectivity index (χ2v) is 7.94. The number of fused-ring (bicyclic) bond motifs is 1. The van der Waals surface area contributed by atoms with Crippen LogP contribution in [0.15, 0.2) is 47.5 Å². The third-order valence-electron chi connectivity index (χ3n) is 3.89. The average Bonchev–Trinajstić information content (AvgIpc) is 2.64. The van der Waals surface area contributed by atoms with Gasteiger partial charge in [0.1, 0.15) is 22.4 Å². The second-order valence-electron chi connectivity index (χ2n) is 6.21. The van der Waals surface area contributed by atoms with Gasteiger partial charge in [0.2, 0.25) is 10.0 Å². The molecule has 0 aliphatic heterocycles. The first-order valence-corrected chi connectivity index (χ1v) is 9.95. The van der Waals surface area contributed by atoms with Gasteiger partial charge >= 0.3 is 0 Å². The highest BCUT2D eigenvalue weighted by Gasteiger charge is 2.17. The van der Waals surface area contributed by atoms with Gasteiger partial charge in [-0.1, -0.05) is 18.2 Å². The second kappa shape index (κ2) is 7.85. The minimum absolute atomic E-state index is 0.174. The Balaban J connectivity index is 1.66. The Kier molecular flexibility index (Phi) is 5.52. The highest BCUT2D eigenvalue weighted by molar-refractivity contribution is 7.89. The van der Waals surface area contributed by atoms with Crippen molar-refractivity contribution in [2.24, 2.45) is 0 Å². The summed E-state index contributed by atoms with van der Waals surface area (Å²) in [5, 5.41) is 3.91. The van der Waals surface area contributed by atoms with Crippen molar-refractivity contribution in [1.82, 2.24) is 19.7 Å². The summed E-state index contributed by atoms with van der Waals surface area (Å²) in [7, 11) is 0.137. The van der Waals surface area contributed by atoms with Crippen LogP contribution in [0, 0.1) is 6.92 Å². The number of benzene rings is 1. The van der Waals surface area contributed by atoms with Gasteiger partial charge in [-0.3, -0.25) is 4.98 Å². The molecule has 2 N–H and O–H groups in total. The summed E-state index contributed by atoms with van der Waals surface area (Å²) in [6.07, 6.45) is 1.59. The fourth-order valence-corrected chi connectivity index (χ4v) is 3.83. The number of sulfonamides is 1. The van der Waals surface area contributed by atoms with Crippen LogP contribution in [0.5, 0.6) is 0 Å². The minimum atomic E-state index is -3.66. The smallest absolute Gasteiger partial charge is 0.242 e. The summed E-state index contributed by atoms with van der Waals surface area (Å²) in [5.74, 6) is 2.08. The van der Waals surface area contributed by atoms with E-state index in [1.807, 2.05) is 44.1 Å². The molecule has 0 spiro atoms. The highest BCUT2D eigenvalue weighted by atomic mass is 32.2. The lowest BCUT2D eigenvalue weighted by Gasteiger charge is -2.14. The summed E-state index contributed by atoms with van der Waals surface area (Å²) in [5.41, 5.74) is 0.461. The number of hydrogen-bond donors (Lipinski definition) is 2. The number of nitrogens with zero attached hydrogens (tertiary/aromatic N) is 4. The molecule has 1 aromatic carbocycles. The molecule has 0 amide bonds. The predicted octanol–water partition coefficient (Wildman–Crippen LogP) is 1.79. The first-order valence-electron chi connectivity index (χ1n) is 8.47. The van der Waals surface area contributed by atoms with E-state index < -0.39 is 10.0 Å². The molecule has 2 heterocycles. The Morgan fingerprint density at radius 2 is 1.85 bits per heavy atom. The Bertz CT molecular complexity index is 1050. The number of nitrogens with one attached hydrogen (secondary N) is 2. The van der Waals surface area contributed by atoms with E-state index in [4.69, 9.17) is 0 Å². The summed E-state index contributed by atoms with van der Waals surface area (Å²) >= 11 is 0. The number of hydrogen-bond acceptors (Lipinski definition) is 7. The molecule has 0 aliphatic rings. The summed E-state index contributed by atoms with van der Waals surface area (Å²) < 4.78 is 27.9. The molecular formula is C18H22N6O2S. The maximum absolute atomic E-state index is 12.6. The normalized spacial score (nSPS) is 11.5. The van der Waals surface area contributed by atoms with Crippen LogP contribution in [0.3, 0.4) is 0 Å². The first kappa shape index (κ1) is 19.0. The lowest BCUT2D eigenvalue weighted by atomic mass is 10.2. The summed E-state index contributed by atoms with van der Waals surface area (Å²) in [6.45, 7) is 2.42. The van der Waals surface area contributed by atoms with Crippen LogP contribution in [-0.2, 0) is 10.0 Å². The third-order valence-corrected chi connectivity index (χ3v) is 5.38. The van der Waals surface area contributed by atoms with E-state index in [-0.39, 0.29) is 11.4 Å². The van der Waals surface area contributed by atoms with Gasteiger partial charge in [-0.05, 0) is 19.1 Å². The van der Waals surface area contributed by atoms with Crippen molar-refractivity contribution in [3.63, 3.8) is 0 Å².